The third-order valence-electron chi connectivity index (χ3n) is 4.16. The first-order chi connectivity index (χ1) is 10.7. The zero-order valence-corrected chi connectivity index (χ0v) is 13.6. The van der Waals surface area contributed by atoms with Gasteiger partial charge in [0.15, 0.2) is 0 Å². The maximum absolute atomic E-state index is 6.44. The van der Waals surface area contributed by atoms with Crippen molar-refractivity contribution >= 4 is 29.0 Å². The van der Waals surface area contributed by atoms with Crippen molar-refractivity contribution in [1.29, 1.82) is 0 Å². The topological polar surface area (TPSA) is 47.0 Å². The number of rotatable bonds is 4. The Hall–Kier alpha value is -1.36. The molecule has 0 atom stereocenters. The van der Waals surface area contributed by atoms with Crippen LogP contribution < -0.4 is 5.32 Å². The van der Waals surface area contributed by atoms with E-state index in [-0.39, 0.29) is 5.41 Å². The van der Waals surface area contributed by atoms with Gasteiger partial charge in [0.05, 0.1) is 6.20 Å². The smallest absolute Gasteiger partial charge is 0.148 e. The highest BCUT2D eigenvalue weighted by Gasteiger charge is 2.36. The second-order valence-corrected chi connectivity index (χ2v) is 6.26. The Labute approximate surface area is 139 Å². The number of nitrogens with one attached hydrogen (secondary N) is 1. The Bertz CT molecular complexity index is 645. The van der Waals surface area contributed by atoms with Crippen LogP contribution in [0.5, 0.6) is 0 Å². The molecule has 0 saturated carbocycles. The normalized spacial score (nSPS) is 17.2. The summed E-state index contributed by atoms with van der Waals surface area (Å²) in [6, 6.07) is 8.01. The highest BCUT2D eigenvalue weighted by Crippen LogP contribution is 2.39. The molecule has 116 valence electrons. The number of hydrogen-bond donors (Lipinski definition) is 1. The average molecular weight is 338 g/mol. The van der Waals surface area contributed by atoms with E-state index in [1.165, 1.54) is 6.33 Å². The molecule has 0 spiro atoms. The molecule has 2 aromatic rings. The summed E-state index contributed by atoms with van der Waals surface area (Å²) in [5, 5.41) is 4.66. The molecule has 0 amide bonds. The van der Waals surface area contributed by atoms with E-state index < -0.39 is 0 Å². The second kappa shape index (κ2) is 6.82. The number of benzene rings is 1. The van der Waals surface area contributed by atoms with Crippen molar-refractivity contribution < 1.29 is 4.74 Å². The molecule has 1 aliphatic rings. The molecule has 0 bridgehead atoms. The van der Waals surface area contributed by atoms with Crippen LogP contribution in [-0.4, -0.2) is 29.7 Å². The first-order valence-electron chi connectivity index (χ1n) is 7.23. The first-order valence-corrected chi connectivity index (χ1v) is 7.99. The molecule has 6 heteroatoms. The summed E-state index contributed by atoms with van der Waals surface area (Å²) < 4.78 is 5.54. The predicted molar refractivity (Wildman–Crippen MR) is 88.7 cm³/mol. The number of ether oxygens (including phenoxy) is 1. The molecule has 1 saturated heterocycles. The van der Waals surface area contributed by atoms with Crippen LogP contribution in [0.15, 0.2) is 36.8 Å². The molecule has 1 aromatic heterocycles. The van der Waals surface area contributed by atoms with Gasteiger partial charge in [-0.3, -0.25) is 0 Å². The van der Waals surface area contributed by atoms with Crippen LogP contribution in [0, 0.1) is 0 Å². The van der Waals surface area contributed by atoms with Crippen molar-refractivity contribution in [3.63, 3.8) is 0 Å². The SMILES string of the molecule is Clc1ccccc1C1(CNc2ncncc2Cl)CCOCC1. The fourth-order valence-corrected chi connectivity index (χ4v) is 3.40. The number of nitrogens with zero attached hydrogens (tertiary/aromatic N) is 2. The maximum Gasteiger partial charge on any atom is 0.148 e. The summed E-state index contributed by atoms with van der Waals surface area (Å²) in [7, 11) is 0. The Morgan fingerprint density at radius 3 is 2.64 bits per heavy atom. The lowest BCUT2D eigenvalue weighted by Crippen LogP contribution is -2.40. The predicted octanol–water partition coefficient (Wildman–Crippen LogP) is 3.94. The lowest BCUT2D eigenvalue weighted by atomic mass is 9.74. The molecule has 4 nitrogen and oxygen atoms in total. The van der Waals surface area contributed by atoms with E-state index in [2.05, 4.69) is 21.4 Å². The van der Waals surface area contributed by atoms with Gasteiger partial charge in [-0.2, -0.15) is 0 Å². The van der Waals surface area contributed by atoms with Gasteiger partial charge < -0.3 is 10.1 Å². The summed E-state index contributed by atoms with van der Waals surface area (Å²) in [5.74, 6) is 0.648. The number of anilines is 1. The summed E-state index contributed by atoms with van der Waals surface area (Å²) in [5.41, 5.74) is 1.07. The van der Waals surface area contributed by atoms with Gasteiger partial charge in [-0.15, -0.1) is 0 Å². The first kappa shape index (κ1) is 15.5. The molecule has 0 radical (unpaired) electrons. The van der Waals surface area contributed by atoms with Crippen molar-refractivity contribution in [3.05, 3.63) is 52.4 Å². The molecule has 1 aromatic carbocycles. The quantitative estimate of drug-likeness (QED) is 0.917. The fourth-order valence-electron chi connectivity index (χ4n) is 2.89. The molecule has 1 fully saturated rings. The van der Waals surface area contributed by atoms with E-state index in [9.17, 15) is 0 Å². The third-order valence-corrected chi connectivity index (χ3v) is 4.76. The molecule has 0 aliphatic carbocycles. The number of aromatic nitrogens is 2. The average Bonchev–Trinajstić information content (AvgIpc) is 2.55. The summed E-state index contributed by atoms with van der Waals surface area (Å²) in [4.78, 5) is 8.10. The minimum Gasteiger partial charge on any atom is -0.381 e. The van der Waals surface area contributed by atoms with E-state index in [1.54, 1.807) is 6.20 Å². The number of halogens is 2. The summed E-state index contributed by atoms with van der Waals surface area (Å²) in [6.07, 6.45) is 4.89. The molecular formula is C16H17Cl2N3O. The van der Waals surface area contributed by atoms with E-state index in [0.717, 1.165) is 36.6 Å². The third kappa shape index (κ3) is 3.19. The van der Waals surface area contributed by atoms with Crippen molar-refractivity contribution in [2.45, 2.75) is 18.3 Å². The van der Waals surface area contributed by atoms with Crippen LogP contribution >= 0.6 is 23.2 Å². The summed E-state index contributed by atoms with van der Waals surface area (Å²) in [6.45, 7) is 2.16. The Kier molecular flexibility index (Phi) is 4.81. The van der Waals surface area contributed by atoms with E-state index in [4.69, 9.17) is 27.9 Å². The highest BCUT2D eigenvalue weighted by atomic mass is 35.5. The van der Waals surface area contributed by atoms with Gasteiger partial charge in [-0.05, 0) is 24.5 Å². The lowest BCUT2D eigenvalue weighted by molar-refractivity contribution is 0.0544. The van der Waals surface area contributed by atoms with Gasteiger partial charge in [0.1, 0.15) is 17.2 Å². The van der Waals surface area contributed by atoms with Crippen LogP contribution in [0.2, 0.25) is 10.0 Å². The van der Waals surface area contributed by atoms with E-state index >= 15 is 0 Å². The second-order valence-electron chi connectivity index (χ2n) is 5.45. The van der Waals surface area contributed by atoms with Crippen LogP contribution in [0.4, 0.5) is 5.82 Å². The van der Waals surface area contributed by atoms with Crippen LogP contribution in [0.25, 0.3) is 0 Å². The van der Waals surface area contributed by atoms with Gasteiger partial charge in [-0.25, -0.2) is 9.97 Å². The molecule has 3 rings (SSSR count). The Morgan fingerprint density at radius 1 is 1.14 bits per heavy atom. The minimum atomic E-state index is -0.0785. The molecule has 22 heavy (non-hydrogen) atoms. The molecule has 0 unspecified atom stereocenters. The van der Waals surface area contributed by atoms with Gasteiger partial charge in [-0.1, -0.05) is 41.4 Å². The van der Waals surface area contributed by atoms with Gasteiger partial charge in [0, 0.05) is 30.2 Å². The molecule has 2 heterocycles. The zero-order chi connectivity index (χ0) is 15.4. The largest absolute Gasteiger partial charge is 0.381 e. The fraction of sp³-hybridized carbons (Fsp3) is 0.375. The Balaban J connectivity index is 1.87. The van der Waals surface area contributed by atoms with Crippen molar-refractivity contribution in [3.8, 4) is 0 Å². The molecule has 1 N–H and O–H groups in total. The molecule has 1 aliphatic heterocycles. The van der Waals surface area contributed by atoms with Crippen molar-refractivity contribution in [2.24, 2.45) is 0 Å². The van der Waals surface area contributed by atoms with Gasteiger partial charge in [0.25, 0.3) is 0 Å². The standard InChI is InChI=1S/C16H17Cl2N3O/c17-13-4-2-1-3-12(13)16(5-7-22-8-6-16)10-20-15-14(18)9-19-11-21-15/h1-4,9,11H,5-8,10H2,(H,19,20,21). The van der Waals surface area contributed by atoms with Crippen LogP contribution in [0.3, 0.4) is 0 Å². The lowest BCUT2D eigenvalue weighted by Gasteiger charge is -2.38. The van der Waals surface area contributed by atoms with Crippen molar-refractivity contribution in [2.75, 3.05) is 25.1 Å². The highest BCUT2D eigenvalue weighted by molar-refractivity contribution is 6.32. The minimum absolute atomic E-state index is 0.0785. The van der Waals surface area contributed by atoms with E-state index in [0.29, 0.717) is 17.4 Å². The van der Waals surface area contributed by atoms with Gasteiger partial charge in [0.2, 0.25) is 0 Å². The summed E-state index contributed by atoms with van der Waals surface area (Å²) >= 11 is 12.6. The van der Waals surface area contributed by atoms with Crippen LogP contribution in [-0.2, 0) is 10.2 Å². The van der Waals surface area contributed by atoms with Crippen molar-refractivity contribution in [1.82, 2.24) is 9.97 Å². The maximum atomic E-state index is 6.44. The van der Waals surface area contributed by atoms with Crippen LogP contribution in [0.1, 0.15) is 18.4 Å². The number of hydrogen-bond acceptors (Lipinski definition) is 4. The zero-order valence-electron chi connectivity index (χ0n) is 12.1. The van der Waals surface area contributed by atoms with E-state index in [1.807, 2.05) is 18.2 Å². The van der Waals surface area contributed by atoms with Gasteiger partial charge >= 0.3 is 0 Å². The monoisotopic (exact) mass is 337 g/mol. The Morgan fingerprint density at radius 2 is 1.91 bits per heavy atom. The molecular weight excluding hydrogens is 321 g/mol.